The van der Waals surface area contributed by atoms with E-state index in [1.807, 2.05) is 17.4 Å². The maximum absolute atomic E-state index is 13.1. The van der Waals surface area contributed by atoms with Crippen molar-refractivity contribution in [3.8, 4) is 0 Å². The number of aromatic amines is 1. The Morgan fingerprint density at radius 3 is 2.06 bits per heavy atom. The van der Waals surface area contributed by atoms with Gasteiger partial charge in [-0.3, -0.25) is 24.0 Å². The maximum Gasteiger partial charge on any atom is 0.326 e. The number of carboxylic acid groups (broad SMARTS) is 2. The highest BCUT2D eigenvalue weighted by Gasteiger charge is 2.32. The van der Waals surface area contributed by atoms with Gasteiger partial charge in [-0.05, 0) is 18.6 Å². The molecule has 0 spiro atoms. The molecule has 10 N–H and O–H groups in total. The average Bonchev–Trinajstić information content (AvgIpc) is 3.19. The third-order valence-corrected chi connectivity index (χ3v) is 5.18. The number of carbonyl (C=O) groups is 6. The van der Waals surface area contributed by atoms with Gasteiger partial charge in [-0.15, -0.1) is 0 Å². The summed E-state index contributed by atoms with van der Waals surface area (Å²) in [5.74, 6) is -6.78. The molecule has 2 rings (SSSR count). The first-order chi connectivity index (χ1) is 16.9. The lowest BCUT2D eigenvalue weighted by atomic mass is 10.0. The number of H-pyrrole nitrogens is 1. The molecule has 0 aliphatic carbocycles. The minimum absolute atomic E-state index is 0.0179. The van der Waals surface area contributed by atoms with Crippen molar-refractivity contribution in [3.05, 3.63) is 36.0 Å². The number of hydrogen-bond acceptors (Lipinski definition) is 7. The Morgan fingerprint density at radius 2 is 1.47 bits per heavy atom. The number of fused-ring (bicyclic) bond motifs is 1. The van der Waals surface area contributed by atoms with Crippen LogP contribution in [-0.4, -0.2) is 74.9 Å². The summed E-state index contributed by atoms with van der Waals surface area (Å²) in [6.07, 6.45) is -0.0140. The smallest absolute Gasteiger partial charge is 0.326 e. The molecule has 36 heavy (non-hydrogen) atoms. The predicted octanol–water partition coefficient (Wildman–Crippen LogP) is -2.05. The lowest BCUT2D eigenvalue weighted by Crippen LogP contribution is -2.58. The summed E-state index contributed by atoms with van der Waals surface area (Å²) in [5.41, 5.74) is 12.2. The van der Waals surface area contributed by atoms with E-state index in [0.29, 0.717) is 5.56 Å². The van der Waals surface area contributed by atoms with Crippen LogP contribution in [0.1, 0.15) is 25.3 Å². The molecule has 1 aromatic heterocycles. The number of carboxylic acids is 2. The summed E-state index contributed by atoms with van der Waals surface area (Å²) in [5, 5.41) is 25.6. The van der Waals surface area contributed by atoms with Crippen LogP contribution in [0.5, 0.6) is 0 Å². The van der Waals surface area contributed by atoms with E-state index in [-0.39, 0.29) is 6.42 Å². The Hall–Kier alpha value is -4.46. The number of nitrogens with two attached hydrogens (primary N) is 2. The van der Waals surface area contributed by atoms with Gasteiger partial charge >= 0.3 is 11.9 Å². The maximum atomic E-state index is 13.1. The highest BCUT2D eigenvalue weighted by atomic mass is 16.4. The van der Waals surface area contributed by atoms with E-state index >= 15 is 0 Å². The molecule has 4 amide bonds. The second-order valence-electron chi connectivity index (χ2n) is 8.14. The molecule has 4 atom stereocenters. The molecule has 1 aromatic carbocycles. The van der Waals surface area contributed by atoms with E-state index in [1.165, 1.54) is 6.92 Å². The molecule has 0 aliphatic heterocycles. The fraction of sp³-hybridized carbons (Fsp3) is 0.364. The SMILES string of the molecule is CC(N)C(=O)NC(Cc1c[nH]c2ccccc12)C(=O)NC(CC(N)=O)C(=O)NC(CC(=O)O)C(=O)O. The van der Waals surface area contributed by atoms with Crippen molar-refractivity contribution in [1.29, 1.82) is 0 Å². The van der Waals surface area contributed by atoms with E-state index in [9.17, 15) is 28.8 Å². The molecule has 0 bridgehead atoms. The minimum atomic E-state index is -1.82. The highest BCUT2D eigenvalue weighted by molar-refractivity contribution is 5.97. The molecule has 1 heterocycles. The Balaban J connectivity index is 2.28. The number of amides is 4. The molecule has 0 aliphatic rings. The summed E-state index contributed by atoms with van der Waals surface area (Å²) < 4.78 is 0. The zero-order valence-electron chi connectivity index (χ0n) is 19.3. The molecule has 0 saturated heterocycles. The monoisotopic (exact) mass is 504 g/mol. The van der Waals surface area contributed by atoms with Crippen LogP contribution in [0.25, 0.3) is 10.9 Å². The van der Waals surface area contributed by atoms with Gasteiger partial charge in [0.2, 0.25) is 23.6 Å². The normalized spacial score (nSPS) is 14.2. The quantitative estimate of drug-likeness (QED) is 0.149. The molecule has 194 valence electrons. The molecule has 14 heteroatoms. The first-order valence-electron chi connectivity index (χ1n) is 10.8. The van der Waals surface area contributed by atoms with Crippen LogP contribution in [0.2, 0.25) is 0 Å². The zero-order valence-corrected chi connectivity index (χ0v) is 19.3. The van der Waals surface area contributed by atoms with E-state index in [1.54, 1.807) is 18.3 Å². The first-order valence-corrected chi connectivity index (χ1v) is 10.8. The Labute approximate surface area is 204 Å². The van der Waals surface area contributed by atoms with Crippen molar-refractivity contribution in [2.24, 2.45) is 11.5 Å². The summed E-state index contributed by atoms with van der Waals surface area (Å²) in [6.45, 7) is 1.41. The van der Waals surface area contributed by atoms with Crippen LogP contribution < -0.4 is 27.4 Å². The van der Waals surface area contributed by atoms with E-state index < -0.39 is 72.6 Å². The van der Waals surface area contributed by atoms with Crippen LogP contribution in [0.4, 0.5) is 0 Å². The molecular weight excluding hydrogens is 476 g/mol. The van der Waals surface area contributed by atoms with Gasteiger partial charge < -0.3 is 42.6 Å². The van der Waals surface area contributed by atoms with Crippen molar-refractivity contribution < 1.29 is 39.0 Å². The van der Waals surface area contributed by atoms with Crippen LogP contribution in [0.3, 0.4) is 0 Å². The van der Waals surface area contributed by atoms with Crippen molar-refractivity contribution in [2.75, 3.05) is 0 Å². The van der Waals surface area contributed by atoms with Gasteiger partial charge in [-0.1, -0.05) is 18.2 Å². The number of carbonyl (C=O) groups excluding carboxylic acids is 4. The molecule has 0 fully saturated rings. The average molecular weight is 505 g/mol. The van der Waals surface area contributed by atoms with Gasteiger partial charge in [0.05, 0.1) is 18.9 Å². The number of aliphatic carboxylic acids is 2. The standard InChI is InChI=1S/C22H28N6O8/c1-10(23)19(32)26-14(6-11-9-25-13-5-3-2-4-12(11)13)20(33)27-15(7-17(24)29)21(34)28-16(22(35)36)8-18(30)31/h2-5,9-10,14-16,25H,6-8,23H2,1H3,(H2,24,29)(H,26,32)(H,27,33)(H,28,34)(H,30,31)(H,35,36). The van der Waals surface area contributed by atoms with Gasteiger partial charge in [-0.25, -0.2) is 4.79 Å². The molecule has 0 saturated carbocycles. The van der Waals surface area contributed by atoms with E-state index in [0.717, 1.165) is 10.9 Å². The van der Waals surface area contributed by atoms with Gasteiger partial charge in [0.1, 0.15) is 18.1 Å². The van der Waals surface area contributed by atoms with Crippen LogP contribution >= 0.6 is 0 Å². The highest BCUT2D eigenvalue weighted by Crippen LogP contribution is 2.19. The lowest BCUT2D eigenvalue weighted by Gasteiger charge is -2.24. The van der Waals surface area contributed by atoms with Crippen LogP contribution in [-0.2, 0) is 35.2 Å². The van der Waals surface area contributed by atoms with E-state index in [2.05, 4.69) is 15.6 Å². The first kappa shape index (κ1) is 27.8. The Bertz CT molecular complexity index is 1160. The van der Waals surface area contributed by atoms with Crippen LogP contribution in [0, 0.1) is 0 Å². The van der Waals surface area contributed by atoms with Gasteiger partial charge in [0.15, 0.2) is 0 Å². The third-order valence-electron chi connectivity index (χ3n) is 5.18. The number of hydrogen-bond donors (Lipinski definition) is 8. The Kier molecular flexibility index (Phi) is 9.50. The van der Waals surface area contributed by atoms with Gasteiger partial charge in [-0.2, -0.15) is 0 Å². The summed E-state index contributed by atoms with van der Waals surface area (Å²) in [7, 11) is 0. The topological polar surface area (TPSA) is 247 Å². The molecule has 14 nitrogen and oxygen atoms in total. The zero-order chi connectivity index (χ0) is 27.0. The van der Waals surface area contributed by atoms with Crippen molar-refractivity contribution in [2.45, 2.75) is 50.4 Å². The second kappa shape index (κ2) is 12.3. The summed E-state index contributed by atoms with van der Waals surface area (Å²) in [6, 6.07) is 1.58. The van der Waals surface area contributed by atoms with Crippen molar-refractivity contribution >= 4 is 46.5 Å². The second-order valence-corrected chi connectivity index (χ2v) is 8.14. The molecule has 0 radical (unpaired) electrons. The van der Waals surface area contributed by atoms with Gasteiger partial charge in [0.25, 0.3) is 0 Å². The predicted molar refractivity (Wildman–Crippen MR) is 125 cm³/mol. The fourth-order valence-electron chi connectivity index (χ4n) is 3.36. The minimum Gasteiger partial charge on any atom is -0.481 e. The fourth-order valence-corrected chi connectivity index (χ4v) is 3.36. The summed E-state index contributed by atoms with van der Waals surface area (Å²) in [4.78, 5) is 74.8. The number of nitrogens with one attached hydrogen (secondary N) is 4. The number of primary amides is 1. The number of para-hydroxylation sites is 1. The van der Waals surface area contributed by atoms with Crippen LogP contribution in [0.15, 0.2) is 30.5 Å². The third kappa shape index (κ3) is 7.80. The molecular formula is C22H28N6O8. The summed E-state index contributed by atoms with van der Waals surface area (Å²) >= 11 is 0. The number of rotatable bonds is 13. The van der Waals surface area contributed by atoms with E-state index in [4.69, 9.17) is 21.7 Å². The number of benzene rings is 1. The largest absolute Gasteiger partial charge is 0.481 e. The Morgan fingerprint density at radius 1 is 0.889 bits per heavy atom. The van der Waals surface area contributed by atoms with Crippen molar-refractivity contribution in [1.82, 2.24) is 20.9 Å². The van der Waals surface area contributed by atoms with Gasteiger partial charge in [0, 0.05) is 23.5 Å². The molecule has 2 aromatic rings. The molecule has 4 unspecified atom stereocenters. The number of aromatic nitrogens is 1. The van der Waals surface area contributed by atoms with Crippen molar-refractivity contribution in [3.63, 3.8) is 0 Å². The lowest BCUT2D eigenvalue weighted by molar-refractivity contribution is -0.147.